The van der Waals surface area contributed by atoms with E-state index < -0.39 is 11.8 Å². The number of pyridine rings is 1. The minimum absolute atomic E-state index is 0.0254. The Bertz CT molecular complexity index is 1600. The van der Waals surface area contributed by atoms with Gasteiger partial charge in [0.2, 0.25) is 0 Å². The molecule has 10 nitrogen and oxygen atoms in total. The minimum atomic E-state index is -0.687. The molecule has 212 valence electrons. The van der Waals surface area contributed by atoms with Crippen LogP contribution >= 0.6 is 0 Å². The van der Waals surface area contributed by atoms with Gasteiger partial charge in [0, 0.05) is 44.5 Å². The topological polar surface area (TPSA) is 113 Å². The van der Waals surface area contributed by atoms with Crippen molar-refractivity contribution in [1.82, 2.24) is 25.0 Å². The molecule has 0 spiro atoms. The molecule has 41 heavy (non-hydrogen) atoms. The Morgan fingerprint density at radius 1 is 1.00 bits per heavy atom. The van der Waals surface area contributed by atoms with Crippen molar-refractivity contribution in [3.63, 3.8) is 0 Å². The molecule has 11 heteroatoms. The highest BCUT2D eigenvalue weighted by molar-refractivity contribution is 5.99. The van der Waals surface area contributed by atoms with E-state index in [4.69, 9.17) is 9.84 Å². The molecule has 3 heterocycles. The number of anilines is 2. The van der Waals surface area contributed by atoms with Gasteiger partial charge in [0.15, 0.2) is 0 Å². The fourth-order valence-corrected chi connectivity index (χ4v) is 4.58. The van der Waals surface area contributed by atoms with E-state index in [1.807, 2.05) is 26.0 Å². The van der Waals surface area contributed by atoms with E-state index in [1.165, 1.54) is 42.6 Å². The lowest BCUT2D eigenvalue weighted by Crippen LogP contribution is -2.26. The van der Waals surface area contributed by atoms with Crippen LogP contribution in [0.5, 0.6) is 11.5 Å². The van der Waals surface area contributed by atoms with Crippen molar-refractivity contribution >= 4 is 23.4 Å². The fraction of sp³-hybridized carbons (Fsp3) is 0.267. The quantitative estimate of drug-likeness (QED) is 0.284. The number of urea groups is 1. The van der Waals surface area contributed by atoms with Crippen molar-refractivity contribution in [3.05, 3.63) is 89.1 Å². The number of rotatable bonds is 7. The molecule has 2 aromatic carbocycles. The second kappa shape index (κ2) is 11.8. The molecule has 1 aliphatic rings. The highest BCUT2D eigenvalue weighted by Gasteiger charge is 2.19. The Balaban J connectivity index is 1.31. The molecule has 1 aliphatic heterocycles. The number of carbonyl (C=O) groups is 2. The molecule has 0 fully saturated rings. The van der Waals surface area contributed by atoms with Crippen molar-refractivity contribution in [1.29, 1.82) is 0 Å². The van der Waals surface area contributed by atoms with Gasteiger partial charge in [-0.3, -0.25) is 15.1 Å². The van der Waals surface area contributed by atoms with Gasteiger partial charge >= 0.3 is 6.03 Å². The van der Waals surface area contributed by atoms with E-state index in [0.717, 1.165) is 37.0 Å². The highest BCUT2D eigenvalue weighted by atomic mass is 19.1. The zero-order chi connectivity index (χ0) is 29.1. The molecule has 0 aliphatic carbocycles. The largest absolute Gasteiger partial charge is 0.457 e. The van der Waals surface area contributed by atoms with Crippen molar-refractivity contribution in [2.24, 2.45) is 0 Å². The average molecular weight is 558 g/mol. The molecule has 3 amide bonds. The zero-order valence-electron chi connectivity index (χ0n) is 23.4. The van der Waals surface area contributed by atoms with Gasteiger partial charge in [-0.2, -0.15) is 5.10 Å². The van der Waals surface area contributed by atoms with Crippen LogP contribution in [-0.4, -0.2) is 52.2 Å². The maximum Gasteiger partial charge on any atom is 0.324 e. The maximum absolute atomic E-state index is 14.9. The van der Waals surface area contributed by atoms with Crippen LogP contribution in [0, 0.1) is 5.82 Å². The first-order valence-electron chi connectivity index (χ1n) is 13.3. The summed E-state index contributed by atoms with van der Waals surface area (Å²) in [6.07, 6.45) is 2.42. The molecule has 4 aromatic rings. The Hall–Kier alpha value is -4.77. The van der Waals surface area contributed by atoms with Crippen LogP contribution in [0.4, 0.5) is 20.7 Å². The number of amides is 3. The van der Waals surface area contributed by atoms with Gasteiger partial charge in [-0.1, -0.05) is 19.9 Å². The lowest BCUT2D eigenvalue weighted by Gasteiger charge is -2.25. The number of hydrogen-bond donors (Lipinski definition) is 3. The predicted octanol–water partition coefficient (Wildman–Crippen LogP) is 5.31. The average Bonchev–Trinajstić information content (AvgIpc) is 3.37. The molecule has 0 saturated heterocycles. The molecule has 0 saturated carbocycles. The number of fused-ring (bicyclic) bond motifs is 1. The van der Waals surface area contributed by atoms with Gasteiger partial charge in [-0.15, -0.1) is 0 Å². The second-order valence-corrected chi connectivity index (χ2v) is 10.2. The summed E-state index contributed by atoms with van der Waals surface area (Å²) in [4.78, 5) is 31.0. The van der Waals surface area contributed by atoms with E-state index >= 15 is 0 Å². The summed E-state index contributed by atoms with van der Waals surface area (Å²) in [6.45, 7) is 5.93. The Morgan fingerprint density at radius 3 is 2.56 bits per heavy atom. The van der Waals surface area contributed by atoms with Crippen molar-refractivity contribution in [3.8, 4) is 17.2 Å². The normalized spacial score (nSPS) is 13.0. The lowest BCUT2D eigenvalue weighted by atomic mass is 9.99. The SMILES string of the molecule is CNC(=O)c1cc(Oc2ccc(NC(=O)Nc3cc(C(C)C)nn3-c3ccc4c(c3)CN(C)CC4)c(F)c2)ccn1. The summed E-state index contributed by atoms with van der Waals surface area (Å²) in [5, 5.41) is 12.6. The fourth-order valence-electron chi connectivity index (χ4n) is 4.58. The third kappa shape index (κ3) is 6.36. The first kappa shape index (κ1) is 27.8. The summed E-state index contributed by atoms with van der Waals surface area (Å²) < 4.78 is 22.3. The lowest BCUT2D eigenvalue weighted by molar-refractivity contribution is 0.0957. The van der Waals surface area contributed by atoms with E-state index in [1.54, 1.807) is 10.7 Å². The second-order valence-electron chi connectivity index (χ2n) is 10.2. The van der Waals surface area contributed by atoms with Gasteiger partial charge in [0.1, 0.15) is 28.8 Å². The van der Waals surface area contributed by atoms with Crippen LogP contribution in [-0.2, 0) is 13.0 Å². The van der Waals surface area contributed by atoms with Gasteiger partial charge in [-0.05, 0) is 60.8 Å². The van der Waals surface area contributed by atoms with Gasteiger partial charge in [0.25, 0.3) is 5.91 Å². The number of hydrogen-bond acceptors (Lipinski definition) is 6. The van der Waals surface area contributed by atoms with E-state index in [2.05, 4.69) is 45.0 Å². The highest BCUT2D eigenvalue weighted by Crippen LogP contribution is 2.28. The molecule has 0 bridgehead atoms. The van der Waals surface area contributed by atoms with E-state index in [0.29, 0.717) is 11.6 Å². The van der Waals surface area contributed by atoms with Crippen LogP contribution < -0.4 is 20.7 Å². The van der Waals surface area contributed by atoms with E-state index in [-0.39, 0.29) is 29.0 Å². The first-order chi connectivity index (χ1) is 19.7. The molecule has 3 N–H and O–H groups in total. The number of benzene rings is 2. The number of nitrogens with one attached hydrogen (secondary N) is 3. The zero-order valence-corrected chi connectivity index (χ0v) is 23.4. The standard InChI is InChI=1S/C30H32FN7O3/c1-18(2)26-16-28(38(36-26)21-6-5-19-10-12-37(4)17-20(19)13-21)35-30(40)34-25-8-7-22(14-24(25)31)41-23-9-11-33-27(15-23)29(39)32-3/h5-9,11,13-16,18H,10,12,17H2,1-4H3,(H,32,39)(H2,34,35,40). The molecule has 5 rings (SSSR count). The summed E-state index contributed by atoms with van der Waals surface area (Å²) in [6, 6.07) is 14.5. The Labute approximate surface area is 237 Å². The van der Waals surface area contributed by atoms with E-state index in [9.17, 15) is 14.0 Å². The van der Waals surface area contributed by atoms with Crippen molar-refractivity contribution < 1.29 is 18.7 Å². The van der Waals surface area contributed by atoms with Crippen LogP contribution in [0.1, 0.15) is 47.1 Å². The number of aromatic nitrogens is 3. The summed E-state index contributed by atoms with van der Waals surface area (Å²) in [7, 11) is 3.59. The number of ether oxygens (including phenoxy) is 1. The van der Waals surface area contributed by atoms with Crippen LogP contribution in [0.2, 0.25) is 0 Å². The molecular formula is C30H32FN7O3. The van der Waals surface area contributed by atoms with Crippen molar-refractivity contribution in [2.45, 2.75) is 32.7 Å². The summed E-state index contributed by atoms with van der Waals surface area (Å²) in [5.41, 5.74) is 4.34. The maximum atomic E-state index is 14.9. The number of likely N-dealkylation sites (N-methyl/N-ethyl adjacent to an activating group) is 1. The monoisotopic (exact) mass is 557 g/mol. The molecule has 0 radical (unpaired) electrons. The molecule has 0 unspecified atom stereocenters. The third-order valence-corrected chi connectivity index (χ3v) is 6.81. The Kier molecular flexibility index (Phi) is 7.97. The number of nitrogens with zero attached hydrogens (tertiary/aromatic N) is 4. The smallest absolute Gasteiger partial charge is 0.324 e. The van der Waals surface area contributed by atoms with Crippen LogP contribution in [0.3, 0.4) is 0 Å². The number of halogens is 1. The predicted molar refractivity (Wildman–Crippen MR) is 154 cm³/mol. The molecule has 0 atom stereocenters. The first-order valence-corrected chi connectivity index (χ1v) is 13.3. The summed E-state index contributed by atoms with van der Waals surface area (Å²) >= 11 is 0. The van der Waals surface area contributed by atoms with Crippen LogP contribution in [0.25, 0.3) is 5.69 Å². The van der Waals surface area contributed by atoms with Crippen LogP contribution in [0.15, 0.2) is 60.8 Å². The van der Waals surface area contributed by atoms with Gasteiger partial charge < -0.3 is 20.3 Å². The minimum Gasteiger partial charge on any atom is -0.457 e. The Morgan fingerprint density at radius 2 is 1.80 bits per heavy atom. The number of carbonyl (C=O) groups excluding carboxylic acids is 2. The molecular weight excluding hydrogens is 525 g/mol. The summed E-state index contributed by atoms with van der Waals surface area (Å²) in [5.74, 6) is 0.0723. The van der Waals surface area contributed by atoms with Crippen molar-refractivity contribution in [2.75, 3.05) is 31.3 Å². The van der Waals surface area contributed by atoms with Gasteiger partial charge in [-0.25, -0.2) is 13.9 Å². The molecule has 2 aromatic heterocycles. The third-order valence-electron chi connectivity index (χ3n) is 6.81. The van der Waals surface area contributed by atoms with Gasteiger partial charge in [0.05, 0.1) is 17.1 Å².